The molecule has 110 valence electrons. The van der Waals surface area contributed by atoms with Gasteiger partial charge in [-0.3, -0.25) is 15.5 Å². The van der Waals surface area contributed by atoms with Crippen molar-refractivity contribution >= 4 is 50.7 Å². The molecule has 0 aliphatic rings. The Morgan fingerprint density at radius 1 is 1.48 bits per heavy atom. The van der Waals surface area contributed by atoms with Crippen LogP contribution in [0.4, 0.5) is 27.5 Å². The molecule has 21 heavy (non-hydrogen) atoms. The Hall–Kier alpha value is -2.04. The highest BCUT2D eigenvalue weighted by molar-refractivity contribution is 9.10. The quantitative estimate of drug-likeness (QED) is 0.426. The number of hydrogen-bond donors (Lipinski definition) is 3. The van der Waals surface area contributed by atoms with Crippen LogP contribution in [0, 0.1) is 15.9 Å². The zero-order valence-electron chi connectivity index (χ0n) is 10.1. The Labute approximate surface area is 130 Å². The van der Waals surface area contributed by atoms with E-state index in [4.69, 9.17) is 17.4 Å². The molecule has 0 spiro atoms. The smallest absolute Gasteiger partial charge is 0.329 e. The van der Waals surface area contributed by atoms with Crippen molar-refractivity contribution in [3.63, 3.8) is 0 Å². The van der Waals surface area contributed by atoms with Gasteiger partial charge in [-0.05, 0) is 28.1 Å². The van der Waals surface area contributed by atoms with Crippen molar-refractivity contribution in [3.05, 3.63) is 43.8 Å². The van der Waals surface area contributed by atoms with E-state index in [-0.39, 0.29) is 32.6 Å². The second-order valence-electron chi connectivity index (χ2n) is 3.70. The number of rotatable bonds is 4. The van der Waals surface area contributed by atoms with E-state index in [0.29, 0.717) is 0 Å². The summed E-state index contributed by atoms with van der Waals surface area (Å²) < 4.78 is 13.5. The Kier molecular flexibility index (Phi) is 4.50. The molecule has 1 heterocycles. The average molecular weight is 378 g/mol. The molecule has 4 N–H and O–H groups in total. The van der Waals surface area contributed by atoms with Gasteiger partial charge >= 0.3 is 5.69 Å². The van der Waals surface area contributed by atoms with Crippen LogP contribution in [-0.2, 0) is 0 Å². The third-order valence-electron chi connectivity index (χ3n) is 2.35. The minimum absolute atomic E-state index is 0.0250. The fourth-order valence-corrected chi connectivity index (χ4v) is 2.35. The van der Waals surface area contributed by atoms with E-state index in [1.165, 1.54) is 0 Å². The fourth-order valence-electron chi connectivity index (χ4n) is 1.45. The summed E-state index contributed by atoms with van der Waals surface area (Å²) in [6.45, 7) is 0. The number of benzene rings is 1. The van der Waals surface area contributed by atoms with Gasteiger partial charge in [-0.15, -0.1) is 0 Å². The Balaban J connectivity index is 2.50. The molecule has 1 aromatic carbocycles. The summed E-state index contributed by atoms with van der Waals surface area (Å²) in [6.07, 6.45) is 0.982. The summed E-state index contributed by atoms with van der Waals surface area (Å²) in [7, 11) is 0. The lowest BCUT2D eigenvalue weighted by Crippen LogP contribution is -2.12. The predicted molar refractivity (Wildman–Crippen MR) is 78.9 cm³/mol. The van der Waals surface area contributed by atoms with Gasteiger partial charge in [0.15, 0.2) is 0 Å². The third-order valence-corrected chi connectivity index (χ3v) is 3.27. The molecule has 0 unspecified atom stereocenters. The largest absolute Gasteiger partial charge is 0.332 e. The van der Waals surface area contributed by atoms with Crippen molar-refractivity contribution in [2.75, 3.05) is 10.7 Å². The average Bonchev–Trinajstić information content (AvgIpc) is 2.42. The Morgan fingerprint density at radius 3 is 2.76 bits per heavy atom. The van der Waals surface area contributed by atoms with Gasteiger partial charge in [-0.1, -0.05) is 11.6 Å². The zero-order chi connectivity index (χ0) is 15.6. The summed E-state index contributed by atoms with van der Waals surface area (Å²) in [5.74, 6) is 4.43. The van der Waals surface area contributed by atoms with E-state index in [1.54, 1.807) is 0 Å². The first-order chi connectivity index (χ1) is 9.92. The van der Waals surface area contributed by atoms with Crippen LogP contribution < -0.4 is 16.6 Å². The number of nitrogens with zero attached hydrogens (tertiary/aromatic N) is 3. The number of aromatic nitrogens is 2. The summed E-state index contributed by atoms with van der Waals surface area (Å²) in [4.78, 5) is 17.8. The molecular weight excluding hydrogens is 371 g/mol. The highest BCUT2D eigenvalue weighted by atomic mass is 79.9. The molecule has 0 fully saturated rings. The van der Waals surface area contributed by atoms with E-state index in [2.05, 4.69) is 36.6 Å². The van der Waals surface area contributed by atoms with Crippen LogP contribution in [0.15, 0.2) is 22.8 Å². The molecule has 0 amide bonds. The number of hydrogen-bond acceptors (Lipinski definition) is 7. The van der Waals surface area contributed by atoms with E-state index >= 15 is 0 Å². The lowest BCUT2D eigenvalue weighted by Gasteiger charge is -2.11. The SMILES string of the molecule is NNc1ncc([N+](=O)[O-])c(Nc2c(Cl)cc(F)cc2Br)n1. The van der Waals surface area contributed by atoms with E-state index in [1.807, 2.05) is 0 Å². The summed E-state index contributed by atoms with van der Waals surface area (Å²) in [5.41, 5.74) is 2.01. The predicted octanol–water partition coefficient (Wildman–Crippen LogP) is 2.97. The molecule has 0 atom stereocenters. The van der Waals surface area contributed by atoms with Gasteiger partial charge in [-0.2, -0.15) is 4.98 Å². The maximum Gasteiger partial charge on any atom is 0.329 e. The van der Waals surface area contributed by atoms with Crippen LogP contribution in [-0.4, -0.2) is 14.9 Å². The number of nitrogens with one attached hydrogen (secondary N) is 2. The molecule has 2 rings (SSSR count). The fraction of sp³-hybridized carbons (Fsp3) is 0. The standard InChI is InChI=1S/C10H7BrClFN6O2/c11-5-1-4(13)2-6(12)8(5)16-9-7(19(20)21)3-15-10(17-9)18-14/h1-3H,14H2,(H2,15,16,17,18). The molecule has 0 aliphatic heterocycles. The summed E-state index contributed by atoms with van der Waals surface area (Å²) in [5, 5.41) is 13.6. The second kappa shape index (κ2) is 6.16. The Morgan fingerprint density at radius 2 is 2.19 bits per heavy atom. The highest BCUT2D eigenvalue weighted by Crippen LogP contribution is 2.35. The zero-order valence-corrected chi connectivity index (χ0v) is 12.4. The van der Waals surface area contributed by atoms with E-state index in [0.717, 1.165) is 18.3 Å². The van der Waals surface area contributed by atoms with Gasteiger partial charge in [0.25, 0.3) is 0 Å². The van der Waals surface area contributed by atoms with Crippen LogP contribution in [0.1, 0.15) is 0 Å². The van der Waals surface area contributed by atoms with Crippen molar-refractivity contribution in [1.82, 2.24) is 9.97 Å². The number of nitro groups is 1. The van der Waals surface area contributed by atoms with E-state index in [9.17, 15) is 14.5 Å². The summed E-state index contributed by atoms with van der Waals surface area (Å²) in [6, 6.07) is 2.22. The molecule has 0 radical (unpaired) electrons. The summed E-state index contributed by atoms with van der Waals surface area (Å²) >= 11 is 9.02. The van der Waals surface area contributed by atoms with Crippen LogP contribution in [0.3, 0.4) is 0 Å². The van der Waals surface area contributed by atoms with Gasteiger partial charge in [0, 0.05) is 4.47 Å². The van der Waals surface area contributed by atoms with Gasteiger partial charge in [-0.25, -0.2) is 15.2 Å². The van der Waals surface area contributed by atoms with Crippen LogP contribution in [0.2, 0.25) is 5.02 Å². The monoisotopic (exact) mass is 376 g/mol. The van der Waals surface area contributed by atoms with Crippen molar-refractivity contribution in [2.24, 2.45) is 5.84 Å². The molecule has 0 saturated carbocycles. The van der Waals surface area contributed by atoms with Crippen molar-refractivity contribution in [1.29, 1.82) is 0 Å². The Bertz CT molecular complexity index is 693. The highest BCUT2D eigenvalue weighted by Gasteiger charge is 2.19. The molecule has 2 aromatic rings. The molecule has 0 saturated heterocycles. The molecular formula is C10H7BrClFN6O2. The first-order valence-electron chi connectivity index (χ1n) is 5.32. The minimum Gasteiger partial charge on any atom is -0.332 e. The normalized spacial score (nSPS) is 10.3. The van der Waals surface area contributed by atoms with Crippen molar-refractivity contribution in [2.45, 2.75) is 0 Å². The lowest BCUT2D eigenvalue weighted by atomic mass is 10.3. The van der Waals surface area contributed by atoms with Gasteiger partial charge < -0.3 is 5.32 Å². The van der Waals surface area contributed by atoms with Crippen molar-refractivity contribution < 1.29 is 9.31 Å². The van der Waals surface area contributed by atoms with Gasteiger partial charge in [0.05, 0.1) is 15.6 Å². The number of anilines is 3. The lowest BCUT2D eigenvalue weighted by molar-refractivity contribution is -0.384. The minimum atomic E-state index is -0.673. The van der Waals surface area contributed by atoms with Crippen LogP contribution in [0.5, 0.6) is 0 Å². The molecule has 0 bridgehead atoms. The van der Waals surface area contributed by atoms with E-state index < -0.39 is 10.7 Å². The molecule has 0 aliphatic carbocycles. The van der Waals surface area contributed by atoms with Crippen LogP contribution >= 0.6 is 27.5 Å². The second-order valence-corrected chi connectivity index (χ2v) is 4.96. The topological polar surface area (TPSA) is 119 Å². The van der Waals surface area contributed by atoms with Crippen molar-refractivity contribution in [3.8, 4) is 0 Å². The van der Waals surface area contributed by atoms with Crippen LogP contribution in [0.25, 0.3) is 0 Å². The van der Waals surface area contributed by atoms with Gasteiger partial charge in [0.1, 0.15) is 12.0 Å². The third kappa shape index (κ3) is 3.35. The van der Waals surface area contributed by atoms with Gasteiger partial charge in [0.2, 0.25) is 11.8 Å². The first kappa shape index (κ1) is 15.4. The molecule has 8 nitrogen and oxygen atoms in total. The maximum atomic E-state index is 13.2. The molecule has 11 heteroatoms. The molecule has 1 aromatic heterocycles. The number of halogens is 3. The maximum absolute atomic E-state index is 13.2. The number of nitrogens with two attached hydrogens (primary N) is 1. The number of nitrogen functional groups attached to an aromatic ring is 1. The first-order valence-corrected chi connectivity index (χ1v) is 6.49. The number of hydrazine groups is 1.